The first-order valence-corrected chi connectivity index (χ1v) is 5.07. The topological polar surface area (TPSA) is 61.1 Å². The van der Waals surface area contributed by atoms with E-state index in [1.54, 1.807) is 16.9 Å². The van der Waals surface area contributed by atoms with Crippen LogP contribution in [0.25, 0.3) is 16.9 Å². The van der Waals surface area contributed by atoms with Crippen LogP contribution in [0.3, 0.4) is 0 Å². The third kappa shape index (κ3) is 1.45. The van der Waals surface area contributed by atoms with Gasteiger partial charge in [-0.15, -0.1) is 0 Å². The molecule has 0 aliphatic heterocycles. The van der Waals surface area contributed by atoms with Crippen LogP contribution in [0.15, 0.2) is 30.7 Å². The normalized spacial score (nSPS) is 11.2. The molecule has 0 aliphatic rings. The Bertz CT molecular complexity index is 697. The van der Waals surface area contributed by atoms with Gasteiger partial charge in [-0.3, -0.25) is 9.08 Å². The molecule has 5 nitrogen and oxygen atoms in total. The number of rotatable bonds is 1. The largest absolute Gasteiger partial charge is 0.383 e. The molecule has 0 radical (unpaired) electrons. The van der Waals surface area contributed by atoms with E-state index in [-0.39, 0.29) is 5.82 Å². The van der Waals surface area contributed by atoms with Crippen molar-refractivity contribution in [3.63, 3.8) is 0 Å². The Hall–Kier alpha value is -2.37. The number of nitrogens with two attached hydrogens (primary N) is 1. The van der Waals surface area contributed by atoms with Gasteiger partial charge in [0, 0.05) is 25.0 Å². The molecule has 0 atom stereocenters. The van der Waals surface area contributed by atoms with Crippen molar-refractivity contribution < 1.29 is 4.39 Å². The van der Waals surface area contributed by atoms with Gasteiger partial charge in [0.15, 0.2) is 0 Å². The highest BCUT2D eigenvalue weighted by atomic mass is 19.1. The van der Waals surface area contributed by atoms with Crippen LogP contribution in [0.1, 0.15) is 0 Å². The molecule has 0 aliphatic carbocycles. The van der Waals surface area contributed by atoms with E-state index in [2.05, 4.69) is 10.1 Å². The number of fused-ring (bicyclic) bond motifs is 1. The smallest absolute Gasteiger partial charge is 0.140 e. The summed E-state index contributed by atoms with van der Waals surface area (Å²) in [6.45, 7) is 0. The van der Waals surface area contributed by atoms with Crippen molar-refractivity contribution in [3.05, 3.63) is 36.5 Å². The number of anilines is 1. The minimum atomic E-state index is -0.348. The molecule has 0 aromatic carbocycles. The lowest BCUT2D eigenvalue weighted by atomic mass is 10.2. The number of aromatic nitrogens is 4. The van der Waals surface area contributed by atoms with Crippen molar-refractivity contribution >= 4 is 11.5 Å². The quantitative estimate of drug-likeness (QED) is 0.689. The van der Waals surface area contributed by atoms with Gasteiger partial charge in [-0.2, -0.15) is 5.10 Å². The number of hydrogen-bond acceptors (Lipinski definition) is 3. The molecule has 3 heterocycles. The molecule has 0 amide bonds. The van der Waals surface area contributed by atoms with Gasteiger partial charge in [-0.1, -0.05) is 0 Å². The predicted octanol–water partition coefficient (Wildman–Crippen LogP) is 1.46. The fraction of sp³-hybridized carbons (Fsp3) is 0.0909. The fourth-order valence-electron chi connectivity index (χ4n) is 1.79. The summed E-state index contributed by atoms with van der Waals surface area (Å²) >= 11 is 0. The zero-order valence-electron chi connectivity index (χ0n) is 9.13. The monoisotopic (exact) mass is 231 g/mol. The number of halogens is 1. The van der Waals surface area contributed by atoms with Gasteiger partial charge >= 0.3 is 0 Å². The molecule has 6 heteroatoms. The Morgan fingerprint density at radius 2 is 2.12 bits per heavy atom. The highest BCUT2D eigenvalue weighted by Gasteiger charge is 2.12. The van der Waals surface area contributed by atoms with E-state index in [9.17, 15) is 4.39 Å². The van der Waals surface area contributed by atoms with E-state index in [0.29, 0.717) is 17.2 Å². The summed E-state index contributed by atoms with van der Waals surface area (Å²) in [7, 11) is 1.81. The van der Waals surface area contributed by atoms with E-state index in [1.165, 1.54) is 16.7 Å². The van der Waals surface area contributed by atoms with Crippen LogP contribution in [-0.4, -0.2) is 19.2 Å². The minimum absolute atomic E-state index is 0.348. The Kier molecular flexibility index (Phi) is 1.91. The molecular weight excluding hydrogens is 221 g/mol. The summed E-state index contributed by atoms with van der Waals surface area (Å²) in [5.74, 6) is 0.0619. The standard InChI is InChI=1S/C11H10FN5/c1-16-5-7(4-14-16)10-11(13)17-6-8(12)2-3-9(17)15-10/h2-6H,13H2,1H3. The van der Waals surface area contributed by atoms with E-state index in [0.717, 1.165) is 5.56 Å². The molecule has 17 heavy (non-hydrogen) atoms. The maximum absolute atomic E-state index is 13.1. The summed E-state index contributed by atoms with van der Waals surface area (Å²) in [5, 5.41) is 4.06. The van der Waals surface area contributed by atoms with Crippen molar-refractivity contribution in [1.82, 2.24) is 19.2 Å². The molecule has 3 rings (SSSR count). The average Bonchev–Trinajstić information content (AvgIpc) is 2.84. The first-order chi connectivity index (χ1) is 8.15. The third-order valence-corrected chi connectivity index (χ3v) is 2.60. The van der Waals surface area contributed by atoms with Crippen molar-refractivity contribution in [3.8, 4) is 11.3 Å². The number of hydrogen-bond donors (Lipinski definition) is 1. The molecule has 2 N–H and O–H groups in total. The molecule has 0 spiro atoms. The fourth-order valence-corrected chi connectivity index (χ4v) is 1.79. The molecule has 3 aromatic heterocycles. The van der Waals surface area contributed by atoms with E-state index in [4.69, 9.17) is 5.73 Å². The minimum Gasteiger partial charge on any atom is -0.383 e. The van der Waals surface area contributed by atoms with Crippen molar-refractivity contribution in [2.75, 3.05) is 5.73 Å². The molecule has 3 aromatic rings. The van der Waals surface area contributed by atoms with Gasteiger partial charge in [0.1, 0.15) is 23.0 Å². The molecule has 86 valence electrons. The van der Waals surface area contributed by atoms with Crippen LogP contribution in [0.4, 0.5) is 10.2 Å². The molecular formula is C11H10FN5. The molecule has 0 fully saturated rings. The average molecular weight is 231 g/mol. The first kappa shape index (κ1) is 9.83. The maximum Gasteiger partial charge on any atom is 0.140 e. The second kappa shape index (κ2) is 3.31. The van der Waals surface area contributed by atoms with Crippen molar-refractivity contribution in [1.29, 1.82) is 0 Å². The predicted molar refractivity (Wildman–Crippen MR) is 61.8 cm³/mol. The third-order valence-electron chi connectivity index (χ3n) is 2.60. The van der Waals surface area contributed by atoms with Crippen LogP contribution < -0.4 is 5.73 Å². The van der Waals surface area contributed by atoms with Gasteiger partial charge in [0.2, 0.25) is 0 Å². The van der Waals surface area contributed by atoms with Crippen LogP contribution >= 0.6 is 0 Å². The van der Waals surface area contributed by atoms with E-state index < -0.39 is 0 Å². The highest BCUT2D eigenvalue weighted by Crippen LogP contribution is 2.25. The zero-order valence-corrected chi connectivity index (χ0v) is 9.13. The highest BCUT2D eigenvalue weighted by molar-refractivity contribution is 5.73. The van der Waals surface area contributed by atoms with Crippen molar-refractivity contribution in [2.24, 2.45) is 7.05 Å². The van der Waals surface area contributed by atoms with E-state index in [1.807, 2.05) is 13.2 Å². The SMILES string of the molecule is Cn1cc(-c2nc3ccc(F)cn3c2N)cn1. The van der Waals surface area contributed by atoms with Gasteiger partial charge in [0.25, 0.3) is 0 Å². The van der Waals surface area contributed by atoms with Crippen LogP contribution in [0, 0.1) is 5.82 Å². The number of nitrogens with zero attached hydrogens (tertiary/aromatic N) is 4. The lowest BCUT2D eigenvalue weighted by Gasteiger charge is -1.96. The number of imidazole rings is 1. The van der Waals surface area contributed by atoms with E-state index >= 15 is 0 Å². The molecule has 0 unspecified atom stereocenters. The summed E-state index contributed by atoms with van der Waals surface area (Å²) in [6.07, 6.45) is 4.81. The summed E-state index contributed by atoms with van der Waals surface area (Å²) in [5.41, 5.74) is 7.99. The second-order valence-corrected chi connectivity index (χ2v) is 3.82. The first-order valence-electron chi connectivity index (χ1n) is 5.07. The summed E-state index contributed by atoms with van der Waals surface area (Å²) in [4.78, 5) is 4.35. The Morgan fingerprint density at radius 1 is 1.29 bits per heavy atom. The van der Waals surface area contributed by atoms with Gasteiger partial charge in [-0.05, 0) is 12.1 Å². The number of aryl methyl sites for hydroxylation is 1. The maximum atomic E-state index is 13.1. The van der Waals surface area contributed by atoms with Crippen LogP contribution in [-0.2, 0) is 7.05 Å². The Labute approximate surface area is 96.3 Å². The zero-order chi connectivity index (χ0) is 12.0. The van der Waals surface area contributed by atoms with Gasteiger partial charge < -0.3 is 5.73 Å². The summed E-state index contributed by atoms with van der Waals surface area (Å²) < 4.78 is 16.3. The molecule has 0 bridgehead atoms. The Morgan fingerprint density at radius 3 is 2.82 bits per heavy atom. The number of nitrogen functional groups attached to an aromatic ring is 1. The van der Waals surface area contributed by atoms with Gasteiger partial charge in [0.05, 0.1) is 6.20 Å². The summed E-state index contributed by atoms with van der Waals surface area (Å²) in [6, 6.07) is 2.94. The van der Waals surface area contributed by atoms with Crippen molar-refractivity contribution in [2.45, 2.75) is 0 Å². The second-order valence-electron chi connectivity index (χ2n) is 3.82. The van der Waals surface area contributed by atoms with Crippen LogP contribution in [0.5, 0.6) is 0 Å². The van der Waals surface area contributed by atoms with Gasteiger partial charge in [-0.25, -0.2) is 9.37 Å². The lowest BCUT2D eigenvalue weighted by molar-refractivity contribution is 0.619. The lowest BCUT2D eigenvalue weighted by Crippen LogP contribution is -1.94. The Balaban J connectivity index is 2.27. The van der Waals surface area contributed by atoms with Crippen LogP contribution in [0.2, 0.25) is 0 Å². The number of pyridine rings is 1. The molecule has 0 saturated carbocycles. The molecule has 0 saturated heterocycles.